The number of ether oxygens (including phenoxy) is 12. The summed E-state index contributed by atoms with van der Waals surface area (Å²) in [6.07, 6.45) is -37.4. The van der Waals surface area contributed by atoms with E-state index in [0.717, 1.165) is 12.0 Å². The zero-order valence-electron chi connectivity index (χ0n) is 54.6. The van der Waals surface area contributed by atoms with Crippen LogP contribution in [0.1, 0.15) is 120 Å². The van der Waals surface area contributed by atoms with Gasteiger partial charge in [-0.15, -0.1) is 0 Å². The number of esters is 1. The van der Waals surface area contributed by atoms with Gasteiger partial charge in [-0.2, -0.15) is 0 Å². The van der Waals surface area contributed by atoms with Gasteiger partial charge in [-0.25, -0.2) is 0 Å². The van der Waals surface area contributed by atoms with Crippen LogP contribution in [0.5, 0.6) is 0 Å². The van der Waals surface area contributed by atoms with Crippen LogP contribution in [-0.2, 0) is 61.6 Å². The molecular weight excluding hydrogens is 1250 g/mol. The summed E-state index contributed by atoms with van der Waals surface area (Å²) in [4.78, 5) is 15.3. The molecule has 0 aromatic heterocycles. The van der Waals surface area contributed by atoms with Crippen LogP contribution in [0.2, 0.25) is 0 Å². The van der Waals surface area contributed by atoms with E-state index < -0.39 is 220 Å². The maximum Gasteiger partial charge on any atom is 0.315 e. The van der Waals surface area contributed by atoms with Gasteiger partial charge in [-0.3, -0.25) is 4.79 Å². The summed E-state index contributed by atoms with van der Waals surface area (Å²) < 4.78 is 71.3. The number of hydrogen-bond donors (Lipinski definition) is 17. The van der Waals surface area contributed by atoms with Gasteiger partial charge in [0.15, 0.2) is 31.5 Å². The van der Waals surface area contributed by atoms with Crippen LogP contribution < -0.4 is 0 Å². The molecule has 0 unspecified atom stereocenters. The molecule has 0 amide bonds. The third kappa shape index (κ3) is 12.5. The average Bonchev–Trinajstić information content (AvgIpc) is 0.674. The minimum atomic E-state index is -1.92. The molecule has 37 atom stereocenters. The van der Waals surface area contributed by atoms with Crippen molar-refractivity contribution in [2.24, 2.45) is 50.2 Å². The Bertz CT molecular complexity index is 2640. The summed E-state index contributed by atoms with van der Waals surface area (Å²) >= 11 is 0. The molecule has 6 aliphatic heterocycles. The van der Waals surface area contributed by atoms with Gasteiger partial charge in [0.05, 0.1) is 56.8 Å². The number of aliphatic hydroxyl groups is 17. The lowest BCUT2D eigenvalue weighted by Crippen LogP contribution is -2.67. The number of aliphatic hydroxyl groups excluding tert-OH is 17. The first-order chi connectivity index (χ1) is 44.1. The van der Waals surface area contributed by atoms with Crippen LogP contribution in [0.4, 0.5) is 0 Å². The molecule has 30 nitrogen and oxygen atoms in total. The van der Waals surface area contributed by atoms with Crippen LogP contribution in [0.25, 0.3) is 0 Å². The van der Waals surface area contributed by atoms with Crippen molar-refractivity contribution in [1.29, 1.82) is 0 Å². The van der Waals surface area contributed by atoms with Gasteiger partial charge < -0.3 is 144 Å². The van der Waals surface area contributed by atoms with Crippen LogP contribution in [0, 0.1) is 50.2 Å². The van der Waals surface area contributed by atoms with E-state index in [2.05, 4.69) is 40.7 Å². The molecule has 6 saturated heterocycles. The van der Waals surface area contributed by atoms with Gasteiger partial charge >= 0.3 is 5.97 Å². The largest absolute Gasteiger partial charge is 0.432 e. The minimum Gasteiger partial charge on any atom is -0.432 e. The molecule has 94 heavy (non-hydrogen) atoms. The van der Waals surface area contributed by atoms with Crippen molar-refractivity contribution in [3.05, 3.63) is 11.6 Å². The van der Waals surface area contributed by atoms with Gasteiger partial charge in [0.2, 0.25) is 6.29 Å². The molecule has 17 N–H and O–H groups in total. The lowest BCUT2D eigenvalue weighted by Gasteiger charge is -2.71. The molecule has 0 bridgehead atoms. The Morgan fingerprint density at radius 3 is 1.77 bits per heavy atom. The normalized spacial score (nSPS) is 55.3. The van der Waals surface area contributed by atoms with E-state index >= 15 is 4.79 Å². The van der Waals surface area contributed by atoms with E-state index in [1.165, 1.54) is 13.8 Å². The predicted octanol–water partition coefficient (Wildman–Crippen LogP) is -4.08. The highest BCUT2D eigenvalue weighted by molar-refractivity contribution is 5.79. The maximum atomic E-state index is 15.3. The van der Waals surface area contributed by atoms with Crippen LogP contribution in [-0.4, -0.2) is 304 Å². The van der Waals surface area contributed by atoms with E-state index in [9.17, 15) is 86.8 Å². The molecule has 0 aromatic rings. The highest BCUT2D eigenvalue weighted by Crippen LogP contribution is 2.76. The van der Waals surface area contributed by atoms with E-state index in [-0.39, 0.29) is 47.2 Å². The molecule has 11 aliphatic rings. The molecule has 0 radical (unpaired) electrons. The molecule has 11 rings (SSSR count). The minimum absolute atomic E-state index is 0.0747. The smallest absolute Gasteiger partial charge is 0.315 e. The van der Waals surface area contributed by atoms with Crippen molar-refractivity contribution in [3.8, 4) is 0 Å². The van der Waals surface area contributed by atoms with Crippen molar-refractivity contribution in [2.45, 2.75) is 298 Å². The second kappa shape index (κ2) is 27.5. The number of allylic oxidation sites excluding steroid dienone is 2. The lowest BCUT2D eigenvalue weighted by atomic mass is 9.33. The van der Waals surface area contributed by atoms with Crippen LogP contribution in [0.15, 0.2) is 11.6 Å². The Kier molecular flexibility index (Phi) is 21.4. The molecule has 0 spiro atoms. The number of carbonyl (C=O) groups is 1. The maximum absolute atomic E-state index is 15.3. The SMILES string of the molecule is C[C@@H]1O[C@@H](O[C@H]2[C@H](O[C@H]3CC[C@@]4(C)[C@@H](CC[C@]5(C)[C@@H]4CC=C4[C@@H]6CC(C)(C)CC[C@]6(C(=O)O[C@@H]6O[C@H](CO[C@@H]7O[C@H](CO)[C@@H](O[C@@H]8O[C@@H](C)[C@@H](O)[C@@H](O)[C@H]8O)[C@H](O)[C@H]7O)[C@@H](O)[C@H](O)[C@H]6O)CC[C@]45C)[C@]3(C)CO)OC[C@H](O)[C@@H]2O)[C@H](O)[C@H](O[C@@H]2OC[C@@H](O)[C@H](O)[C@H]2O)[C@H]1O. The Morgan fingerprint density at radius 2 is 1.09 bits per heavy atom. The van der Waals surface area contributed by atoms with Crippen molar-refractivity contribution in [1.82, 2.24) is 0 Å². The Labute approximate surface area is 545 Å². The fourth-order valence-corrected chi connectivity index (χ4v) is 18.7. The predicted molar refractivity (Wildman–Crippen MR) is 315 cm³/mol. The summed E-state index contributed by atoms with van der Waals surface area (Å²) in [5.74, 6) is -1.01. The highest BCUT2D eigenvalue weighted by atomic mass is 16.8. The van der Waals surface area contributed by atoms with E-state index in [1.807, 2.05) is 6.92 Å². The second-order valence-electron chi connectivity index (χ2n) is 30.8. The van der Waals surface area contributed by atoms with Crippen molar-refractivity contribution >= 4 is 5.97 Å². The Hall–Kier alpha value is -1.91. The Morgan fingerprint density at radius 1 is 0.511 bits per heavy atom. The first-order valence-electron chi connectivity index (χ1n) is 33.5. The standard InChI is InChI=1S/C64H104O30/c1-25-36(69)41(74)45(78)54(86-25)91-49-31(20-65)88-52(47(80)43(49)76)85-23-32-40(73)42(75)46(79)55(89-32)94-58(82)64-17-15-59(3,4)19-28(64)27-9-10-34-60(5)13-12-35(61(6,24-66)33(60)11-14-63(34,8)62(27,7)16-18-64)90-57-51(39(72)30(68)22-84-57)93-56-48(81)50(37(70)26(2)87-56)92-53-44(77)38(71)29(67)21-83-53/h9,25-26,28-57,65-81H,10-24H2,1-8H3/t25-,26-,28-,29+,30-,31+,32+,33+,34+,35-,36+,37-,38-,39-,40+,41+,42-,43+,44+,45+,46+,47+,48+,49+,50+,51+,52+,53-,54-,55-,56-,57-,60-,61-,62+,63+,64-/m0/s1. The van der Waals surface area contributed by atoms with Gasteiger partial charge in [-0.1, -0.05) is 53.2 Å². The van der Waals surface area contributed by atoms with Crippen molar-refractivity contribution in [3.63, 3.8) is 0 Å². The topological polar surface area (TPSA) is 472 Å². The molecule has 6 heterocycles. The molecule has 0 aromatic carbocycles. The monoisotopic (exact) mass is 1350 g/mol. The molecular formula is C64H104O30. The van der Waals surface area contributed by atoms with E-state index in [0.29, 0.717) is 57.8 Å². The molecule has 4 saturated carbocycles. The first-order valence-corrected chi connectivity index (χ1v) is 33.5. The van der Waals surface area contributed by atoms with E-state index in [1.54, 1.807) is 0 Å². The lowest BCUT2D eigenvalue weighted by molar-refractivity contribution is -0.379. The zero-order valence-corrected chi connectivity index (χ0v) is 54.6. The number of carbonyl (C=O) groups excluding carboxylic acids is 1. The van der Waals surface area contributed by atoms with Gasteiger partial charge in [0.1, 0.15) is 122 Å². The van der Waals surface area contributed by atoms with Crippen molar-refractivity contribution < 1.29 is 148 Å². The van der Waals surface area contributed by atoms with Crippen LogP contribution >= 0.6 is 0 Å². The van der Waals surface area contributed by atoms with Gasteiger partial charge in [0.25, 0.3) is 0 Å². The fourth-order valence-electron chi connectivity index (χ4n) is 18.7. The summed E-state index contributed by atoms with van der Waals surface area (Å²) in [6.45, 7) is 13.7. The zero-order chi connectivity index (χ0) is 68.4. The van der Waals surface area contributed by atoms with Crippen LogP contribution in [0.3, 0.4) is 0 Å². The fraction of sp³-hybridized carbons (Fsp3) is 0.953. The number of rotatable bonds is 15. The summed E-state index contributed by atoms with van der Waals surface area (Å²) in [7, 11) is 0. The number of fused-ring (bicyclic) bond motifs is 7. The van der Waals surface area contributed by atoms with E-state index in [4.69, 9.17) is 56.8 Å². The van der Waals surface area contributed by atoms with Gasteiger partial charge in [-0.05, 0) is 117 Å². The van der Waals surface area contributed by atoms with Gasteiger partial charge in [0, 0.05) is 5.41 Å². The van der Waals surface area contributed by atoms with Crippen molar-refractivity contribution in [2.75, 3.05) is 33.0 Å². The summed E-state index contributed by atoms with van der Waals surface area (Å²) in [5, 5.41) is 185. The molecule has 540 valence electrons. The third-order valence-corrected chi connectivity index (χ3v) is 24.9. The third-order valence-electron chi connectivity index (χ3n) is 24.9. The molecule has 30 heteroatoms. The summed E-state index contributed by atoms with van der Waals surface area (Å²) in [6, 6.07) is 0. The first kappa shape index (κ1) is 73.3. The second-order valence-corrected chi connectivity index (χ2v) is 30.8. The molecule has 5 aliphatic carbocycles. The quantitative estimate of drug-likeness (QED) is 0.0421. The molecule has 10 fully saturated rings. The Balaban J connectivity index is 0.771. The highest BCUT2D eigenvalue weighted by Gasteiger charge is 2.71. The average molecular weight is 1350 g/mol. The number of hydrogen-bond acceptors (Lipinski definition) is 30. The summed E-state index contributed by atoms with van der Waals surface area (Å²) in [5.41, 5.74) is -2.22.